The standard InChI is InChI=1S/C14H20N4/c1-11-5-6-17-14(13(11)8-15)18-7-3-4-12(10-18)9-16-2/h5-6,12,16H,3-4,7,9-10H2,1-2H3. The number of aromatic nitrogens is 1. The summed E-state index contributed by atoms with van der Waals surface area (Å²) in [6, 6.07) is 4.19. The largest absolute Gasteiger partial charge is 0.355 e. The zero-order valence-electron chi connectivity index (χ0n) is 11.1. The van der Waals surface area contributed by atoms with Gasteiger partial charge in [0.25, 0.3) is 0 Å². The zero-order chi connectivity index (χ0) is 13.0. The molecule has 18 heavy (non-hydrogen) atoms. The molecule has 1 aliphatic heterocycles. The predicted octanol–water partition coefficient (Wildman–Crippen LogP) is 1.70. The zero-order valence-corrected chi connectivity index (χ0v) is 11.1. The molecule has 0 saturated carbocycles. The highest BCUT2D eigenvalue weighted by Crippen LogP contribution is 2.25. The summed E-state index contributed by atoms with van der Waals surface area (Å²) in [5.41, 5.74) is 1.74. The van der Waals surface area contributed by atoms with Crippen molar-refractivity contribution in [2.24, 2.45) is 5.92 Å². The Hall–Kier alpha value is -1.60. The fraction of sp³-hybridized carbons (Fsp3) is 0.571. The third-order valence-corrected chi connectivity index (χ3v) is 3.56. The van der Waals surface area contributed by atoms with Crippen LogP contribution in [0.4, 0.5) is 5.82 Å². The summed E-state index contributed by atoms with van der Waals surface area (Å²) >= 11 is 0. The van der Waals surface area contributed by atoms with Crippen molar-refractivity contribution in [1.82, 2.24) is 10.3 Å². The second-order valence-electron chi connectivity index (χ2n) is 4.95. The smallest absolute Gasteiger partial charge is 0.146 e. The van der Waals surface area contributed by atoms with Gasteiger partial charge >= 0.3 is 0 Å². The van der Waals surface area contributed by atoms with Crippen LogP contribution in [0.25, 0.3) is 0 Å². The summed E-state index contributed by atoms with van der Waals surface area (Å²) in [5.74, 6) is 1.51. The number of rotatable bonds is 3. The SMILES string of the molecule is CNCC1CCCN(c2nccc(C)c2C#N)C1. The van der Waals surface area contributed by atoms with E-state index >= 15 is 0 Å². The van der Waals surface area contributed by atoms with Crippen molar-refractivity contribution >= 4 is 5.82 Å². The minimum atomic E-state index is 0.651. The van der Waals surface area contributed by atoms with Crippen LogP contribution in [-0.2, 0) is 0 Å². The maximum Gasteiger partial charge on any atom is 0.146 e. The number of aryl methyl sites for hydroxylation is 1. The molecule has 2 heterocycles. The van der Waals surface area contributed by atoms with Crippen molar-refractivity contribution in [3.8, 4) is 6.07 Å². The van der Waals surface area contributed by atoms with Gasteiger partial charge in [-0.15, -0.1) is 0 Å². The Morgan fingerprint density at radius 2 is 2.44 bits per heavy atom. The molecule has 0 radical (unpaired) electrons. The van der Waals surface area contributed by atoms with E-state index in [2.05, 4.69) is 21.3 Å². The van der Waals surface area contributed by atoms with Gasteiger partial charge in [0.05, 0.1) is 5.56 Å². The van der Waals surface area contributed by atoms with Crippen molar-refractivity contribution in [1.29, 1.82) is 5.26 Å². The van der Waals surface area contributed by atoms with Crippen molar-refractivity contribution in [2.75, 3.05) is 31.6 Å². The highest BCUT2D eigenvalue weighted by atomic mass is 15.2. The number of hydrogen-bond donors (Lipinski definition) is 1. The van der Waals surface area contributed by atoms with Gasteiger partial charge in [0.15, 0.2) is 0 Å². The summed E-state index contributed by atoms with van der Waals surface area (Å²) in [6.45, 7) is 5.00. The molecule has 0 amide bonds. The summed E-state index contributed by atoms with van der Waals surface area (Å²) in [7, 11) is 1.99. The van der Waals surface area contributed by atoms with E-state index in [1.54, 1.807) is 6.20 Å². The lowest BCUT2D eigenvalue weighted by molar-refractivity contribution is 0.401. The van der Waals surface area contributed by atoms with E-state index in [1.807, 2.05) is 20.0 Å². The minimum Gasteiger partial charge on any atom is -0.355 e. The molecule has 4 heteroatoms. The molecule has 1 aromatic rings. The van der Waals surface area contributed by atoms with Crippen molar-refractivity contribution in [2.45, 2.75) is 19.8 Å². The number of hydrogen-bond acceptors (Lipinski definition) is 4. The van der Waals surface area contributed by atoms with Crippen molar-refractivity contribution in [3.05, 3.63) is 23.4 Å². The molecule has 0 bridgehead atoms. The van der Waals surface area contributed by atoms with Crippen LogP contribution < -0.4 is 10.2 Å². The fourth-order valence-electron chi connectivity index (χ4n) is 2.63. The van der Waals surface area contributed by atoms with Gasteiger partial charge in [0, 0.05) is 19.3 Å². The van der Waals surface area contributed by atoms with E-state index in [0.29, 0.717) is 5.92 Å². The summed E-state index contributed by atoms with van der Waals surface area (Å²) in [6.07, 6.45) is 4.23. The number of pyridine rings is 1. The molecule has 1 atom stereocenters. The van der Waals surface area contributed by atoms with Crippen LogP contribution in [-0.4, -0.2) is 31.7 Å². The van der Waals surface area contributed by atoms with Gasteiger partial charge in [-0.25, -0.2) is 4.98 Å². The summed E-state index contributed by atoms with van der Waals surface area (Å²) < 4.78 is 0. The maximum atomic E-state index is 9.27. The van der Waals surface area contributed by atoms with E-state index in [4.69, 9.17) is 0 Å². The highest BCUT2D eigenvalue weighted by molar-refractivity contribution is 5.57. The number of anilines is 1. The van der Waals surface area contributed by atoms with Gasteiger partial charge in [0.2, 0.25) is 0 Å². The Labute approximate surface area is 109 Å². The first kappa shape index (κ1) is 12.8. The fourth-order valence-corrected chi connectivity index (χ4v) is 2.63. The molecular formula is C14H20N4. The molecular weight excluding hydrogens is 224 g/mol. The average Bonchev–Trinajstić information content (AvgIpc) is 2.39. The number of nitrogens with one attached hydrogen (secondary N) is 1. The van der Waals surface area contributed by atoms with Crippen LogP contribution in [0, 0.1) is 24.2 Å². The number of nitriles is 1. The van der Waals surface area contributed by atoms with Crippen LogP contribution in [0.5, 0.6) is 0 Å². The summed E-state index contributed by atoms with van der Waals surface area (Å²) in [4.78, 5) is 6.67. The average molecular weight is 244 g/mol. The molecule has 0 spiro atoms. The normalized spacial score (nSPS) is 19.6. The van der Waals surface area contributed by atoms with Gasteiger partial charge in [-0.2, -0.15) is 5.26 Å². The van der Waals surface area contributed by atoms with Crippen LogP contribution in [0.2, 0.25) is 0 Å². The van der Waals surface area contributed by atoms with Crippen LogP contribution in [0.3, 0.4) is 0 Å². The summed E-state index contributed by atoms with van der Waals surface area (Å²) in [5, 5.41) is 12.5. The number of piperidine rings is 1. The van der Waals surface area contributed by atoms with Gasteiger partial charge in [-0.3, -0.25) is 0 Å². The lowest BCUT2D eigenvalue weighted by Gasteiger charge is -2.34. The Kier molecular flexibility index (Phi) is 4.16. The molecule has 4 nitrogen and oxygen atoms in total. The Morgan fingerprint density at radius 3 is 3.17 bits per heavy atom. The monoisotopic (exact) mass is 244 g/mol. The van der Waals surface area contributed by atoms with Crippen LogP contribution in [0.15, 0.2) is 12.3 Å². The molecule has 0 aromatic carbocycles. The topological polar surface area (TPSA) is 52.0 Å². The molecule has 0 aliphatic carbocycles. The first-order valence-electron chi connectivity index (χ1n) is 6.51. The van der Waals surface area contributed by atoms with E-state index < -0.39 is 0 Å². The minimum absolute atomic E-state index is 0.651. The quantitative estimate of drug-likeness (QED) is 0.879. The molecule has 2 rings (SSSR count). The van der Waals surface area contributed by atoms with E-state index in [1.165, 1.54) is 12.8 Å². The Balaban J connectivity index is 2.21. The van der Waals surface area contributed by atoms with Gasteiger partial charge in [0.1, 0.15) is 11.9 Å². The third-order valence-electron chi connectivity index (χ3n) is 3.56. The van der Waals surface area contributed by atoms with Crippen molar-refractivity contribution in [3.63, 3.8) is 0 Å². The van der Waals surface area contributed by atoms with Gasteiger partial charge in [-0.05, 0) is 50.9 Å². The van der Waals surface area contributed by atoms with Crippen LogP contribution in [0.1, 0.15) is 24.0 Å². The third kappa shape index (κ3) is 2.62. The maximum absolute atomic E-state index is 9.27. The Bertz CT molecular complexity index is 448. The molecule has 1 aliphatic rings. The predicted molar refractivity (Wildman–Crippen MR) is 72.6 cm³/mol. The lowest BCUT2D eigenvalue weighted by atomic mass is 9.97. The second-order valence-corrected chi connectivity index (χ2v) is 4.95. The Morgan fingerprint density at radius 1 is 1.61 bits per heavy atom. The molecule has 1 N–H and O–H groups in total. The number of nitrogens with zero attached hydrogens (tertiary/aromatic N) is 3. The molecule has 1 fully saturated rings. The lowest BCUT2D eigenvalue weighted by Crippen LogP contribution is -2.39. The molecule has 1 saturated heterocycles. The second kappa shape index (κ2) is 5.83. The first-order valence-corrected chi connectivity index (χ1v) is 6.51. The molecule has 96 valence electrons. The van der Waals surface area contributed by atoms with E-state index in [0.717, 1.165) is 36.6 Å². The van der Waals surface area contributed by atoms with Gasteiger partial charge in [-0.1, -0.05) is 0 Å². The van der Waals surface area contributed by atoms with E-state index in [9.17, 15) is 5.26 Å². The highest BCUT2D eigenvalue weighted by Gasteiger charge is 2.22. The molecule has 1 aromatic heterocycles. The molecule has 1 unspecified atom stereocenters. The van der Waals surface area contributed by atoms with Crippen LogP contribution >= 0.6 is 0 Å². The van der Waals surface area contributed by atoms with E-state index in [-0.39, 0.29) is 0 Å². The first-order chi connectivity index (χ1) is 8.76. The van der Waals surface area contributed by atoms with Gasteiger partial charge < -0.3 is 10.2 Å². The van der Waals surface area contributed by atoms with Crippen molar-refractivity contribution < 1.29 is 0 Å².